The van der Waals surface area contributed by atoms with E-state index in [-0.39, 0.29) is 5.82 Å². The zero-order chi connectivity index (χ0) is 13.4. The largest absolute Gasteiger partial charge is 0.366 e. The van der Waals surface area contributed by atoms with Crippen LogP contribution in [0.5, 0.6) is 0 Å². The first-order valence-electron chi connectivity index (χ1n) is 5.69. The van der Waals surface area contributed by atoms with Crippen molar-refractivity contribution in [2.24, 2.45) is 5.73 Å². The molecule has 1 aromatic heterocycles. The van der Waals surface area contributed by atoms with Gasteiger partial charge in [0.15, 0.2) is 0 Å². The molecule has 3 rings (SSSR count). The smallest absolute Gasteiger partial charge is 0.250 e. The molecule has 19 heavy (non-hydrogen) atoms. The van der Waals surface area contributed by atoms with E-state index in [2.05, 4.69) is 9.97 Å². The number of primary amides is 1. The van der Waals surface area contributed by atoms with Gasteiger partial charge in [0, 0.05) is 5.56 Å². The summed E-state index contributed by atoms with van der Waals surface area (Å²) in [6.45, 7) is 0. The number of aromatic amines is 1. The Morgan fingerprint density at radius 3 is 2.58 bits per heavy atom. The van der Waals surface area contributed by atoms with E-state index in [9.17, 15) is 9.18 Å². The fourth-order valence-electron chi connectivity index (χ4n) is 1.98. The number of halogens is 1. The summed E-state index contributed by atoms with van der Waals surface area (Å²) in [5.74, 6) is -0.260. The number of carbonyl (C=O) groups is 1. The lowest BCUT2D eigenvalue weighted by Gasteiger charge is -1.95. The minimum atomic E-state index is -0.525. The van der Waals surface area contributed by atoms with Gasteiger partial charge in [0.25, 0.3) is 5.91 Å². The Bertz CT molecular complexity index is 762. The van der Waals surface area contributed by atoms with Crippen LogP contribution in [0.1, 0.15) is 10.4 Å². The van der Waals surface area contributed by atoms with E-state index < -0.39 is 5.91 Å². The molecule has 94 valence electrons. The highest BCUT2D eigenvalue weighted by molar-refractivity contribution is 6.04. The number of nitrogens with zero attached hydrogens (tertiary/aromatic N) is 1. The monoisotopic (exact) mass is 255 g/mol. The van der Waals surface area contributed by atoms with Crippen molar-refractivity contribution >= 4 is 16.9 Å². The average molecular weight is 255 g/mol. The zero-order valence-electron chi connectivity index (χ0n) is 9.85. The molecular weight excluding hydrogens is 245 g/mol. The first kappa shape index (κ1) is 11.4. The first-order chi connectivity index (χ1) is 9.15. The second-order valence-corrected chi connectivity index (χ2v) is 4.16. The van der Waals surface area contributed by atoms with Crippen molar-refractivity contribution in [2.45, 2.75) is 0 Å². The zero-order valence-corrected chi connectivity index (χ0v) is 9.85. The number of carbonyl (C=O) groups excluding carboxylic acids is 1. The fraction of sp³-hybridized carbons (Fsp3) is 0. The highest BCUT2D eigenvalue weighted by Crippen LogP contribution is 2.22. The molecule has 0 aliphatic heterocycles. The third kappa shape index (κ3) is 1.95. The second-order valence-electron chi connectivity index (χ2n) is 4.16. The van der Waals surface area contributed by atoms with E-state index in [1.807, 2.05) is 6.07 Å². The van der Waals surface area contributed by atoms with E-state index in [0.717, 1.165) is 11.1 Å². The molecule has 0 radical (unpaired) electrons. The minimum Gasteiger partial charge on any atom is -0.366 e. The number of nitrogens with one attached hydrogen (secondary N) is 1. The third-order valence-electron chi connectivity index (χ3n) is 2.90. The van der Waals surface area contributed by atoms with Crippen molar-refractivity contribution in [3.05, 3.63) is 53.8 Å². The number of hydrogen-bond acceptors (Lipinski definition) is 2. The van der Waals surface area contributed by atoms with Gasteiger partial charge in [-0.3, -0.25) is 4.79 Å². The molecule has 0 saturated heterocycles. The van der Waals surface area contributed by atoms with Gasteiger partial charge in [-0.05, 0) is 36.4 Å². The normalized spacial score (nSPS) is 10.8. The van der Waals surface area contributed by atoms with Crippen molar-refractivity contribution in [1.29, 1.82) is 0 Å². The maximum absolute atomic E-state index is 12.9. The van der Waals surface area contributed by atoms with Crippen molar-refractivity contribution < 1.29 is 9.18 Å². The van der Waals surface area contributed by atoms with Gasteiger partial charge in [0.05, 0.1) is 11.1 Å². The lowest BCUT2D eigenvalue weighted by Crippen LogP contribution is -2.11. The summed E-state index contributed by atoms with van der Waals surface area (Å²) < 4.78 is 12.9. The quantitative estimate of drug-likeness (QED) is 0.738. The Hall–Kier alpha value is -2.69. The van der Waals surface area contributed by atoms with Crippen LogP contribution in [-0.2, 0) is 0 Å². The summed E-state index contributed by atoms with van der Waals surface area (Å²) in [5.41, 5.74) is 7.65. The summed E-state index contributed by atoms with van der Waals surface area (Å²) in [6.07, 6.45) is 0. The van der Waals surface area contributed by atoms with Gasteiger partial charge in [0.1, 0.15) is 17.2 Å². The van der Waals surface area contributed by atoms with Gasteiger partial charge in [-0.15, -0.1) is 0 Å². The number of para-hydroxylation sites is 1. The molecule has 0 aliphatic rings. The number of aromatic nitrogens is 2. The molecule has 1 heterocycles. The van der Waals surface area contributed by atoms with Gasteiger partial charge < -0.3 is 10.7 Å². The Morgan fingerprint density at radius 2 is 1.89 bits per heavy atom. The highest BCUT2D eigenvalue weighted by atomic mass is 19.1. The Morgan fingerprint density at radius 1 is 1.16 bits per heavy atom. The van der Waals surface area contributed by atoms with Gasteiger partial charge in [-0.1, -0.05) is 6.07 Å². The van der Waals surface area contributed by atoms with Crippen LogP contribution in [-0.4, -0.2) is 15.9 Å². The van der Waals surface area contributed by atoms with Crippen LogP contribution in [0.25, 0.3) is 22.4 Å². The van der Waals surface area contributed by atoms with E-state index in [1.165, 1.54) is 12.1 Å². The number of H-pyrrole nitrogens is 1. The predicted molar refractivity (Wildman–Crippen MR) is 70.0 cm³/mol. The summed E-state index contributed by atoms with van der Waals surface area (Å²) in [7, 11) is 0. The maximum atomic E-state index is 12.9. The summed E-state index contributed by atoms with van der Waals surface area (Å²) in [4.78, 5) is 18.8. The SMILES string of the molecule is NC(=O)c1cccc2[nH]c(-c3ccc(F)cc3)nc12. The second kappa shape index (κ2) is 4.20. The molecule has 0 aliphatic carbocycles. The Balaban J connectivity index is 2.19. The topological polar surface area (TPSA) is 71.8 Å². The number of benzene rings is 2. The molecule has 0 atom stereocenters. The molecular formula is C14H10FN3O. The van der Waals surface area contributed by atoms with E-state index in [4.69, 9.17) is 5.73 Å². The van der Waals surface area contributed by atoms with Crippen LogP contribution >= 0.6 is 0 Å². The van der Waals surface area contributed by atoms with Crippen molar-refractivity contribution in [3.8, 4) is 11.4 Å². The van der Waals surface area contributed by atoms with Gasteiger partial charge in [-0.2, -0.15) is 0 Å². The summed E-state index contributed by atoms with van der Waals surface area (Å²) >= 11 is 0. The minimum absolute atomic E-state index is 0.308. The van der Waals surface area contributed by atoms with Crippen molar-refractivity contribution in [2.75, 3.05) is 0 Å². The lowest BCUT2D eigenvalue weighted by atomic mass is 10.2. The van der Waals surface area contributed by atoms with Gasteiger partial charge in [0.2, 0.25) is 0 Å². The first-order valence-corrected chi connectivity index (χ1v) is 5.69. The molecule has 1 amide bonds. The Kier molecular flexibility index (Phi) is 2.52. The Labute approximate surface area is 108 Å². The number of fused-ring (bicyclic) bond motifs is 1. The fourth-order valence-corrected chi connectivity index (χ4v) is 1.98. The number of rotatable bonds is 2. The van der Waals surface area contributed by atoms with Crippen LogP contribution in [0.3, 0.4) is 0 Å². The molecule has 3 N–H and O–H groups in total. The van der Waals surface area contributed by atoms with E-state index in [1.54, 1.807) is 24.3 Å². The molecule has 5 heteroatoms. The van der Waals surface area contributed by atoms with E-state index in [0.29, 0.717) is 16.9 Å². The summed E-state index contributed by atoms with van der Waals surface area (Å²) in [5, 5.41) is 0. The third-order valence-corrected chi connectivity index (χ3v) is 2.90. The van der Waals surface area contributed by atoms with Crippen LogP contribution < -0.4 is 5.73 Å². The van der Waals surface area contributed by atoms with Crippen LogP contribution in [0, 0.1) is 5.82 Å². The van der Waals surface area contributed by atoms with Gasteiger partial charge >= 0.3 is 0 Å². The molecule has 0 spiro atoms. The van der Waals surface area contributed by atoms with Crippen molar-refractivity contribution in [1.82, 2.24) is 9.97 Å². The standard InChI is InChI=1S/C14H10FN3O/c15-9-6-4-8(5-7-9)14-17-11-3-1-2-10(13(16)19)12(11)18-14/h1-7H,(H2,16,19)(H,17,18). The molecule has 3 aromatic rings. The van der Waals surface area contributed by atoms with Gasteiger partial charge in [-0.25, -0.2) is 9.37 Å². The average Bonchev–Trinajstić information content (AvgIpc) is 2.82. The predicted octanol–water partition coefficient (Wildman–Crippen LogP) is 2.47. The number of amides is 1. The molecule has 4 nitrogen and oxygen atoms in total. The molecule has 2 aromatic carbocycles. The van der Waals surface area contributed by atoms with Crippen LogP contribution in [0.15, 0.2) is 42.5 Å². The van der Waals surface area contributed by atoms with Crippen molar-refractivity contribution in [3.63, 3.8) is 0 Å². The highest BCUT2D eigenvalue weighted by Gasteiger charge is 2.11. The number of nitrogens with two attached hydrogens (primary N) is 1. The molecule has 0 bridgehead atoms. The van der Waals surface area contributed by atoms with Crippen LogP contribution in [0.2, 0.25) is 0 Å². The lowest BCUT2D eigenvalue weighted by molar-refractivity contribution is 0.100. The van der Waals surface area contributed by atoms with Crippen LogP contribution in [0.4, 0.5) is 4.39 Å². The molecule has 0 unspecified atom stereocenters. The number of hydrogen-bond donors (Lipinski definition) is 2. The summed E-state index contributed by atoms with van der Waals surface area (Å²) in [6, 6.07) is 11.1. The maximum Gasteiger partial charge on any atom is 0.250 e. The molecule has 0 fully saturated rings. The number of imidazole rings is 1. The van der Waals surface area contributed by atoms with E-state index >= 15 is 0 Å². The molecule has 0 saturated carbocycles.